The predicted octanol–water partition coefficient (Wildman–Crippen LogP) is 1.46. The van der Waals surface area contributed by atoms with E-state index in [1.165, 1.54) is 5.56 Å². The van der Waals surface area contributed by atoms with Gasteiger partial charge in [0.05, 0.1) is 5.60 Å². The highest BCUT2D eigenvalue weighted by Crippen LogP contribution is 2.38. The molecule has 1 saturated carbocycles. The average Bonchev–Trinajstić information content (AvgIpc) is 2.67. The van der Waals surface area contributed by atoms with Crippen molar-refractivity contribution in [2.45, 2.75) is 31.8 Å². The van der Waals surface area contributed by atoms with Crippen molar-refractivity contribution >= 4 is 0 Å². The fraction of sp³-hybridized carbons (Fsp3) is 0.500. The Labute approximate surface area is 72.3 Å². The van der Waals surface area contributed by atoms with Gasteiger partial charge in [-0.15, -0.1) is 0 Å². The van der Waals surface area contributed by atoms with Crippen LogP contribution in [0.25, 0.3) is 0 Å². The highest BCUT2D eigenvalue weighted by molar-refractivity contribution is 5.19. The molecule has 0 amide bonds. The zero-order valence-electron chi connectivity index (χ0n) is 7.25. The van der Waals surface area contributed by atoms with Crippen LogP contribution in [-0.2, 0) is 6.42 Å². The zero-order valence-corrected chi connectivity index (χ0v) is 7.25. The van der Waals surface area contributed by atoms with Crippen LogP contribution in [-0.4, -0.2) is 15.7 Å². The maximum absolute atomic E-state index is 9.65. The molecule has 1 heterocycles. The third kappa shape index (κ3) is 1.64. The number of hydrogen-bond donors (Lipinski definition) is 1. The van der Waals surface area contributed by atoms with Crippen molar-refractivity contribution in [2.24, 2.45) is 0 Å². The van der Waals surface area contributed by atoms with Gasteiger partial charge in [-0.3, -0.25) is 4.98 Å². The lowest BCUT2D eigenvalue weighted by atomic mass is 10.1. The number of aliphatic hydroxyl groups is 1. The second-order valence-electron chi connectivity index (χ2n) is 3.71. The first-order valence-corrected chi connectivity index (χ1v) is 4.32. The lowest BCUT2D eigenvalue weighted by molar-refractivity contribution is 0.151. The SMILES string of the molecule is Cc1cc(CC2(O)CC2)ccn1. The van der Waals surface area contributed by atoms with Crippen LogP contribution in [0, 0.1) is 6.92 Å². The van der Waals surface area contributed by atoms with E-state index in [1.54, 1.807) is 6.20 Å². The molecule has 1 fully saturated rings. The first-order chi connectivity index (χ1) is 5.68. The first-order valence-electron chi connectivity index (χ1n) is 4.32. The van der Waals surface area contributed by atoms with Crippen LogP contribution in [0.15, 0.2) is 18.3 Å². The van der Waals surface area contributed by atoms with Crippen molar-refractivity contribution in [3.8, 4) is 0 Å². The molecular weight excluding hydrogens is 150 g/mol. The number of nitrogens with zero attached hydrogens (tertiary/aromatic N) is 1. The Hall–Kier alpha value is -0.890. The number of aryl methyl sites for hydroxylation is 1. The van der Waals surface area contributed by atoms with Gasteiger partial charge in [-0.2, -0.15) is 0 Å². The normalized spacial score (nSPS) is 19.2. The average molecular weight is 163 g/mol. The van der Waals surface area contributed by atoms with Gasteiger partial charge in [0.25, 0.3) is 0 Å². The fourth-order valence-corrected chi connectivity index (χ4v) is 1.42. The van der Waals surface area contributed by atoms with E-state index in [-0.39, 0.29) is 5.60 Å². The van der Waals surface area contributed by atoms with E-state index < -0.39 is 0 Å². The van der Waals surface area contributed by atoms with Crippen LogP contribution >= 0.6 is 0 Å². The number of pyridine rings is 1. The van der Waals surface area contributed by atoms with Crippen LogP contribution in [0.2, 0.25) is 0 Å². The number of hydrogen-bond acceptors (Lipinski definition) is 2. The minimum atomic E-state index is -0.381. The third-order valence-corrected chi connectivity index (χ3v) is 2.32. The van der Waals surface area contributed by atoms with E-state index in [1.807, 2.05) is 19.1 Å². The van der Waals surface area contributed by atoms with Gasteiger partial charge in [-0.05, 0) is 37.5 Å². The van der Waals surface area contributed by atoms with E-state index in [9.17, 15) is 5.11 Å². The van der Waals surface area contributed by atoms with Crippen LogP contribution in [0.4, 0.5) is 0 Å². The molecule has 0 atom stereocenters. The number of rotatable bonds is 2. The summed E-state index contributed by atoms with van der Waals surface area (Å²) in [5.74, 6) is 0. The maximum atomic E-state index is 9.65. The summed E-state index contributed by atoms with van der Waals surface area (Å²) < 4.78 is 0. The van der Waals surface area contributed by atoms with E-state index >= 15 is 0 Å². The van der Waals surface area contributed by atoms with Crippen molar-refractivity contribution in [1.29, 1.82) is 0 Å². The first kappa shape index (κ1) is 7.74. The molecule has 12 heavy (non-hydrogen) atoms. The highest BCUT2D eigenvalue weighted by Gasteiger charge is 2.39. The molecular formula is C10H13NO. The van der Waals surface area contributed by atoms with Gasteiger partial charge in [0.2, 0.25) is 0 Å². The summed E-state index contributed by atoms with van der Waals surface area (Å²) in [6.45, 7) is 1.97. The van der Waals surface area contributed by atoms with E-state index in [0.29, 0.717) is 0 Å². The molecule has 0 aliphatic heterocycles. The molecule has 0 unspecified atom stereocenters. The minimum Gasteiger partial charge on any atom is -0.390 e. The lowest BCUT2D eigenvalue weighted by Crippen LogP contribution is -2.10. The van der Waals surface area contributed by atoms with Gasteiger partial charge in [0, 0.05) is 18.3 Å². The Morgan fingerprint density at radius 1 is 1.58 bits per heavy atom. The van der Waals surface area contributed by atoms with Crippen molar-refractivity contribution < 1.29 is 5.11 Å². The summed E-state index contributed by atoms with van der Waals surface area (Å²) in [5, 5.41) is 9.65. The van der Waals surface area contributed by atoms with Crippen molar-refractivity contribution in [1.82, 2.24) is 4.98 Å². The molecule has 1 aliphatic rings. The van der Waals surface area contributed by atoms with Gasteiger partial charge in [-0.1, -0.05) is 0 Å². The van der Waals surface area contributed by atoms with Crippen molar-refractivity contribution in [2.75, 3.05) is 0 Å². The molecule has 0 spiro atoms. The Balaban J connectivity index is 2.12. The quantitative estimate of drug-likeness (QED) is 0.716. The topological polar surface area (TPSA) is 33.1 Å². The van der Waals surface area contributed by atoms with E-state index in [0.717, 1.165) is 25.0 Å². The molecule has 1 aromatic heterocycles. The minimum absolute atomic E-state index is 0.381. The fourth-order valence-electron chi connectivity index (χ4n) is 1.42. The third-order valence-electron chi connectivity index (χ3n) is 2.32. The van der Waals surface area contributed by atoms with Crippen LogP contribution in [0.5, 0.6) is 0 Å². The molecule has 2 heteroatoms. The van der Waals surface area contributed by atoms with Crippen LogP contribution in [0.1, 0.15) is 24.1 Å². The van der Waals surface area contributed by atoms with Crippen LogP contribution in [0.3, 0.4) is 0 Å². The molecule has 64 valence electrons. The zero-order chi connectivity index (χ0) is 8.60. The van der Waals surface area contributed by atoms with E-state index in [2.05, 4.69) is 4.98 Å². The molecule has 0 bridgehead atoms. The summed E-state index contributed by atoms with van der Waals surface area (Å²) in [6.07, 6.45) is 4.50. The molecule has 0 saturated heterocycles. The molecule has 0 aromatic carbocycles. The second-order valence-corrected chi connectivity index (χ2v) is 3.71. The van der Waals surface area contributed by atoms with Gasteiger partial charge < -0.3 is 5.11 Å². The Morgan fingerprint density at radius 3 is 2.92 bits per heavy atom. The van der Waals surface area contributed by atoms with Crippen molar-refractivity contribution in [3.05, 3.63) is 29.6 Å². The van der Waals surface area contributed by atoms with E-state index in [4.69, 9.17) is 0 Å². The monoisotopic (exact) mass is 163 g/mol. The molecule has 1 aromatic rings. The van der Waals surface area contributed by atoms with Gasteiger partial charge >= 0.3 is 0 Å². The van der Waals surface area contributed by atoms with Crippen molar-refractivity contribution in [3.63, 3.8) is 0 Å². The standard InChI is InChI=1S/C10H13NO/c1-8-6-9(2-5-11-8)7-10(12)3-4-10/h2,5-6,12H,3-4,7H2,1H3. The summed E-state index contributed by atoms with van der Waals surface area (Å²) >= 11 is 0. The Morgan fingerprint density at radius 2 is 2.33 bits per heavy atom. The Kier molecular flexibility index (Phi) is 1.65. The predicted molar refractivity (Wildman–Crippen MR) is 46.9 cm³/mol. The maximum Gasteiger partial charge on any atom is 0.0690 e. The summed E-state index contributed by atoms with van der Waals surface area (Å²) in [5.41, 5.74) is 1.84. The summed E-state index contributed by atoms with van der Waals surface area (Å²) in [6, 6.07) is 4.01. The molecule has 1 aliphatic carbocycles. The molecule has 2 nitrogen and oxygen atoms in total. The second kappa shape index (κ2) is 2.56. The number of aromatic nitrogens is 1. The molecule has 0 radical (unpaired) electrons. The van der Waals surface area contributed by atoms with Gasteiger partial charge in [0.15, 0.2) is 0 Å². The molecule has 1 N–H and O–H groups in total. The van der Waals surface area contributed by atoms with Crippen LogP contribution < -0.4 is 0 Å². The summed E-state index contributed by atoms with van der Waals surface area (Å²) in [4.78, 5) is 4.11. The van der Waals surface area contributed by atoms with Gasteiger partial charge in [-0.25, -0.2) is 0 Å². The highest BCUT2D eigenvalue weighted by atomic mass is 16.3. The smallest absolute Gasteiger partial charge is 0.0690 e. The Bertz CT molecular complexity index is 292. The van der Waals surface area contributed by atoms with Gasteiger partial charge in [0.1, 0.15) is 0 Å². The lowest BCUT2D eigenvalue weighted by Gasteiger charge is -2.06. The molecule has 2 rings (SSSR count). The summed E-state index contributed by atoms with van der Waals surface area (Å²) in [7, 11) is 0. The largest absolute Gasteiger partial charge is 0.390 e.